The van der Waals surface area contributed by atoms with Crippen LogP contribution in [0.3, 0.4) is 0 Å². The van der Waals surface area contributed by atoms with Gasteiger partial charge in [0.05, 0.1) is 17.2 Å². The van der Waals surface area contributed by atoms with Crippen molar-refractivity contribution in [2.45, 2.75) is 25.8 Å². The van der Waals surface area contributed by atoms with E-state index in [2.05, 4.69) is 41.1 Å². The molecule has 1 aromatic carbocycles. The summed E-state index contributed by atoms with van der Waals surface area (Å²) in [5.74, 6) is -1.39. The van der Waals surface area contributed by atoms with E-state index in [-0.39, 0.29) is 16.4 Å². The van der Waals surface area contributed by atoms with E-state index in [4.69, 9.17) is 5.26 Å². The lowest BCUT2D eigenvalue weighted by molar-refractivity contribution is -0.138. The summed E-state index contributed by atoms with van der Waals surface area (Å²) >= 11 is 3.10. The lowest BCUT2D eigenvalue weighted by Gasteiger charge is -2.16. The van der Waals surface area contributed by atoms with Crippen molar-refractivity contribution in [3.8, 4) is 17.6 Å². The first-order chi connectivity index (χ1) is 15.5. The molecule has 1 amide bonds. The first kappa shape index (κ1) is 24.1. The third-order valence-corrected chi connectivity index (χ3v) is 4.49. The first-order valence-corrected chi connectivity index (χ1v) is 9.74. The van der Waals surface area contributed by atoms with Crippen molar-refractivity contribution >= 4 is 21.8 Å². The summed E-state index contributed by atoms with van der Waals surface area (Å²) in [5, 5.41) is 15.4. The molecule has 0 aliphatic heterocycles. The van der Waals surface area contributed by atoms with Crippen molar-refractivity contribution < 1.29 is 31.5 Å². The second-order valence-electron chi connectivity index (χ2n) is 6.49. The minimum absolute atomic E-state index is 0.136. The first-order valence-electron chi connectivity index (χ1n) is 8.95. The highest BCUT2D eigenvalue weighted by Crippen LogP contribution is 2.33. The van der Waals surface area contributed by atoms with Gasteiger partial charge in [-0.1, -0.05) is 0 Å². The van der Waals surface area contributed by atoms with Crippen LogP contribution in [0.15, 0.2) is 41.3 Å². The minimum Gasteiger partial charge on any atom is -0.435 e. The maximum atomic E-state index is 13.1. The number of benzene rings is 1. The molecule has 1 N–H and O–H groups in total. The number of aromatic nitrogens is 4. The highest BCUT2D eigenvalue weighted by atomic mass is 79.9. The minimum atomic E-state index is -4.89. The summed E-state index contributed by atoms with van der Waals surface area (Å²) in [5.41, 5.74) is -1.58. The van der Waals surface area contributed by atoms with Gasteiger partial charge in [0.15, 0.2) is 11.6 Å². The molecule has 14 heteroatoms. The monoisotopic (exact) mass is 530 g/mol. The topological polar surface area (TPSA) is 106 Å². The number of alkyl halides is 5. The van der Waals surface area contributed by atoms with Gasteiger partial charge in [0.25, 0.3) is 5.91 Å². The number of carbonyl (C=O) groups excluding carboxylic acids is 1. The molecule has 2 heterocycles. The van der Waals surface area contributed by atoms with Crippen LogP contribution in [0.1, 0.15) is 40.3 Å². The van der Waals surface area contributed by atoms with Gasteiger partial charge >= 0.3 is 12.8 Å². The van der Waals surface area contributed by atoms with Gasteiger partial charge in [-0.3, -0.25) is 4.79 Å². The number of nitrogens with one attached hydrogen (secondary N) is 1. The lowest BCUT2D eigenvalue weighted by atomic mass is 10.1. The Labute approximate surface area is 191 Å². The molecule has 0 spiro atoms. The predicted molar refractivity (Wildman–Crippen MR) is 106 cm³/mol. The number of ether oxygens (including phenoxy) is 1. The van der Waals surface area contributed by atoms with Crippen LogP contribution in [-0.4, -0.2) is 32.3 Å². The average molecular weight is 531 g/mol. The molecule has 3 aromatic rings. The summed E-state index contributed by atoms with van der Waals surface area (Å²) in [6.07, 6.45) is -3.60. The molecule has 172 valence electrons. The maximum Gasteiger partial charge on any atom is 0.416 e. The maximum absolute atomic E-state index is 13.1. The summed E-state index contributed by atoms with van der Waals surface area (Å²) < 4.78 is 69.9. The zero-order valence-corrected chi connectivity index (χ0v) is 18.0. The number of hydrogen-bond donors (Lipinski definition) is 1. The van der Waals surface area contributed by atoms with E-state index in [0.717, 1.165) is 6.07 Å². The van der Waals surface area contributed by atoms with Crippen LogP contribution in [0, 0.1) is 11.3 Å². The van der Waals surface area contributed by atoms with Crippen LogP contribution in [0.4, 0.5) is 22.0 Å². The Morgan fingerprint density at radius 3 is 2.58 bits per heavy atom. The largest absolute Gasteiger partial charge is 0.435 e. The van der Waals surface area contributed by atoms with Crippen molar-refractivity contribution in [1.29, 1.82) is 5.26 Å². The van der Waals surface area contributed by atoms with Crippen LogP contribution in [0.2, 0.25) is 0 Å². The number of nitrogens with zero attached hydrogens (tertiary/aromatic N) is 5. The predicted octanol–water partition coefficient (Wildman–Crippen LogP) is 4.41. The molecular weight excluding hydrogens is 519 g/mol. The molecule has 1 atom stereocenters. The van der Waals surface area contributed by atoms with E-state index in [1.54, 1.807) is 0 Å². The Hall–Kier alpha value is -3.60. The number of carbonyl (C=O) groups is 1. The molecule has 1 unspecified atom stereocenters. The molecule has 33 heavy (non-hydrogen) atoms. The molecule has 0 aliphatic rings. The number of halogens is 6. The summed E-state index contributed by atoms with van der Waals surface area (Å²) in [6.45, 7) is -1.89. The van der Waals surface area contributed by atoms with Gasteiger partial charge in [-0.2, -0.15) is 31.9 Å². The van der Waals surface area contributed by atoms with Gasteiger partial charge in [0, 0.05) is 11.8 Å². The standard InChI is InChI=1S/C19H12BrF5N6O2/c1-9(15-29-17(20)30-31(15)14-3-2-10(7-26)8-27-14)28-16(32)11-4-12(19(23,24)25)6-13(5-11)33-18(21)22/h2-6,8-9,18H,1H3,(H,28,32). The third-order valence-electron chi connectivity index (χ3n) is 4.16. The van der Waals surface area contributed by atoms with Crippen molar-refractivity contribution in [2.24, 2.45) is 0 Å². The van der Waals surface area contributed by atoms with E-state index in [1.165, 1.54) is 29.9 Å². The molecular formula is C19H12BrF5N6O2. The number of rotatable bonds is 6. The Kier molecular flexibility index (Phi) is 6.92. The quantitative estimate of drug-likeness (QED) is 0.473. The lowest BCUT2D eigenvalue weighted by Crippen LogP contribution is -2.29. The van der Waals surface area contributed by atoms with Crippen LogP contribution >= 0.6 is 15.9 Å². The van der Waals surface area contributed by atoms with Crippen molar-refractivity contribution in [3.05, 3.63) is 63.8 Å². The number of hydrogen-bond acceptors (Lipinski definition) is 6. The van der Waals surface area contributed by atoms with E-state index >= 15 is 0 Å². The second kappa shape index (κ2) is 9.49. The van der Waals surface area contributed by atoms with Gasteiger partial charge in [0.1, 0.15) is 11.8 Å². The highest BCUT2D eigenvalue weighted by Gasteiger charge is 2.32. The number of pyridine rings is 1. The molecule has 0 radical (unpaired) electrons. The Balaban J connectivity index is 1.90. The Morgan fingerprint density at radius 1 is 1.27 bits per heavy atom. The van der Waals surface area contributed by atoms with Crippen LogP contribution in [0.25, 0.3) is 5.82 Å². The number of amides is 1. The second-order valence-corrected chi connectivity index (χ2v) is 7.19. The zero-order valence-electron chi connectivity index (χ0n) is 16.4. The SMILES string of the molecule is CC(NC(=O)c1cc(OC(F)F)cc(C(F)(F)F)c1)c1nc(Br)nn1-c1ccc(C#N)cn1. The van der Waals surface area contributed by atoms with Gasteiger partial charge in [-0.15, -0.1) is 5.10 Å². The van der Waals surface area contributed by atoms with Crippen LogP contribution < -0.4 is 10.1 Å². The third kappa shape index (κ3) is 5.80. The molecule has 0 saturated heterocycles. The van der Waals surface area contributed by atoms with Crippen molar-refractivity contribution in [3.63, 3.8) is 0 Å². The zero-order chi connectivity index (χ0) is 24.3. The van der Waals surface area contributed by atoms with Crippen molar-refractivity contribution in [1.82, 2.24) is 25.1 Å². The molecule has 0 bridgehead atoms. The summed E-state index contributed by atoms with van der Waals surface area (Å²) in [7, 11) is 0. The van der Waals surface area contributed by atoms with Gasteiger partial charge < -0.3 is 10.1 Å². The van der Waals surface area contributed by atoms with Crippen molar-refractivity contribution in [2.75, 3.05) is 0 Å². The fourth-order valence-electron chi connectivity index (χ4n) is 2.73. The number of nitriles is 1. The van der Waals surface area contributed by atoms with Gasteiger partial charge in [-0.25, -0.2) is 9.97 Å². The molecule has 2 aromatic heterocycles. The molecule has 3 rings (SSSR count). The summed E-state index contributed by atoms with van der Waals surface area (Å²) in [6, 6.07) is 5.64. The van der Waals surface area contributed by atoms with Gasteiger partial charge in [0.2, 0.25) is 4.73 Å². The smallest absolute Gasteiger partial charge is 0.416 e. The highest BCUT2D eigenvalue weighted by molar-refractivity contribution is 9.10. The molecule has 8 nitrogen and oxygen atoms in total. The van der Waals surface area contributed by atoms with E-state index < -0.39 is 41.6 Å². The van der Waals surface area contributed by atoms with E-state index in [1.807, 2.05) is 6.07 Å². The molecule has 0 fully saturated rings. The average Bonchev–Trinajstić information content (AvgIpc) is 3.14. The Bertz CT molecular complexity index is 1210. The van der Waals surface area contributed by atoms with Gasteiger partial charge in [-0.05, 0) is 53.2 Å². The Morgan fingerprint density at radius 2 is 2.00 bits per heavy atom. The van der Waals surface area contributed by atoms with E-state index in [0.29, 0.717) is 17.7 Å². The fraction of sp³-hybridized carbons (Fsp3) is 0.211. The van der Waals surface area contributed by atoms with E-state index in [9.17, 15) is 26.7 Å². The van der Waals surface area contributed by atoms with Crippen LogP contribution in [0.5, 0.6) is 5.75 Å². The fourth-order valence-corrected chi connectivity index (χ4v) is 3.07. The normalized spacial score (nSPS) is 12.3. The molecule has 0 saturated carbocycles. The summed E-state index contributed by atoms with van der Waals surface area (Å²) in [4.78, 5) is 20.9. The molecule has 0 aliphatic carbocycles. The van der Waals surface area contributed by atoms with Crippen LogP contribution in [-0.2, 0) is 6.18 Å².